The van der Waals surface area contributed by atoms with Gasteiger partial charge in [0.25, 0.3) is 0 Å². The van der Waals surface area contributed by atoms with E-state index in [1.165, 1.54) is 11.3 Å². The molecule has 0 aliphatic carbocycles. The van der Waals surface area contributed by atoms with Crippen LogP contribution >= 0.6 is 31.9 Å². The van der Waals surface area contributed by atoms with Crippen LogP contribution in [0.5, 0.6) is 0 Å². The molecule has 0 saturated carbocycles. The fourth-order valence-corrected chi connectivity index (χ4v) is 3.45. The van der Waals surface area contributed by atoms with Gasteiger partial charge in [-0.25, -0.2) is 0 Å². The second kappa shape index (κ2) is 5.78. The number of halogens is 2. The highest BCUT2D eigenvalue weighted by Crippen LogP contribution is 2.35. The lowest BCUT2D eigenvalue weighted by Crippen LogP contribution is -2.34. The normalized spacial score (nSPS) is 20.9. The van der Waals surface area contributed by atoms with E-state index in [2.05, 4.69) is 79.7 Å². The third-order valence-corrected chi connectivity index (χ3v) is 4.62. The summed E-state index contributed by atoms with van der Waals surface area (Å²) in [5, 5.41) is 7.14. The van der Waals surface area contributed by atoms with E-state index in [1.54, 1.807) is 0 Å². The molecular weight excluding hydrogens is 380 g/mol. The van der Waals surface area contributed by atoms with Crippen molar-refractivity contribution in [1.29, 1.82) is 0 Å². The van der Waals surface area contributed by atoms with E-state index in [9.17, 15) is 0 Å². The van der Waals surface area contributed by atoms with Gasteiger partial charge >= 0.3 is 0 Å². The highest BCUT2D eigenvalue weighted by Gasteiger charge is 2.23. The Balaban J connectivity index is 1.80. The lowest BCUT2D eigenvalue weighted by Gasteiger charge is -2.32. The third kappa shape index (κ3) is 3.01. The van der Waals surface area contributed by atoms with Crippen LogP contribution in [0.2, 0.25) is 0 Å². The van der Waals surface area contributed by atoms with Crippen molar-refractivity contribution in [3.63, 3.8) is 0 Å². The summed E-state index contributed by atoms with van der Waals surface area (Å²) in [6, 6.07) is 14.7. The van der Waals surface area contributed by atoms with Gasteiger partial charge in [0.05, 0.1) is 6.17 Å². The van der Waals surface area contributed by atoms with Crippen molar-refractivity contribution in [3.05, 3.63) is 57.0 Å². The summed E-state index contributed by atoms with van der Waals surface area (Å²) >= 11 is 7.05. The van der Waals surface area contributed by atoms with Gasteiger partial charge < -0.3 is 10.6 Å². The van der Waals surface area contributed by atoms with Crippen molar-refractivity contribution in [3.8, 4) is 0 Å². The Kier molecular flexibility index (Phi) is 4.03. The Morgan fingerprint density at radius 3 is 2.70 bits per heavy atom. The maximum atomic E-state index is 3.58. The molecule has 2 nitrogen and oxygen atoms in total. The maximum absolute atomic E-state index is 3.58. The molecule has 1 aliphatic heterocycles. The summed E-state index contributed by atoms with van der Waals surface area (Å²) in [6.45, 7) is 2.28. The van der Waals surface area contributed by atoms with Crippen LogP contribution < -0.4 is 10.6 Å². The molecular formula is C16H16Br2N2. The van der Waals surface area contributed by atoms with E-state index in [-0.39, 0.29) is 6.17 Å². The topological polar surface area (TPSA) is 24.1 Å². The number of rotatable bonds is 2. The summed E-state index contributed by atoms with van der Waals surface area (Å²) in [4.78, 5) is 0. The quantitative estimate of drug-likeness (QED) is 0.694. The van der Waals surface area contributed by atoms with Crippen molar-refractivity contribution in [2.24, 2.45) is 0 Å². The Morgan fingerprint density at radius 1 is 1.10 bits per heavy atom. The standard InChI is InChI=1S/C16H16Br2N2/c1-10-7-16(19-13-4-2-3-11(17)8-13)20-15-9-12(18)5-6-14(10)15/h2-6,8-10,16,19-20H,7H2,1H3. The number of nitrogens with one attached hydrogen (secondary N) is 2. The first-order valence-electron chi connectivity index (χ1n) is 6.70. The van der Waals surface area contributed by atoms with Crippen molar-refractivity contribution < 1.29 is 0 Å². The SMILES string of the molecule is CC1CC(Nc2cccc(Br)c2)Nc2cc(Br)ccc21. The van der Waals surface area contributed by atoms with E-state index >= 15 is 0 Å². The van der Waals surface area contributed by atoms with Crippen molar-refractivity contribution in [1.82, 2.24) is 0 Å². The predicted octanol–water partition coefficient (Wildman–Crippen LogP) is 5.57. The Morgan fingerprint density at radius 2 is 1.90 bits per heavy atom. The number of hydrogen-bond acceptors (Lipinski definition) is 2. The monoisotopic (exact) mass is 394 g/mol. The first kappa shape index (κ1) is 14.0. The van der Waals surface area contributed by atoms with E-state index in [0.29, 0.717) is 5.92 Å². The van der Waals surface area contributed by atoms with Gasteiger partial charge in [0.15, 0.2) is 0 Å². The summed E-state index contributed by atoms with van der Waals surface area (Å²) < 4.78 is 2.20. The second-order valence-electron chi connectivity index (χ2n) is 5.22. The molecule has 0 aromatic heterocycles. The molecule has 20 heavy (non-hydrogen) atoms. The van der Waals surface area contributed by atoms with Crippen LogP contribution in [0.25, 0.3) is 0 Å². The zero-order chi connectivity index (χ0) is 14.1. The van der Waals surface area contributed by atoms with Gasteiger partial charge in [0, 0.05) is 20.3 Å². The maximum Gasteiger partial charge on any atom is 0.0969 e. The molecule has 2 atom stereocenters. The molecule has 104 valence electrons. The molecule has 0 saturated heterocycles. The molecule has 1 heterocycles. The minimum absolute atomic E-state index is 0.251. The molecule has 0 fully saturated rings. The summed E-state index contributed by atoms with van der Waals surface area (Å²) in [7, 11) is 0. The van der Waals surface area contributed by atoms with E-state index in [4.69, 9.17) is 0 Å². The molecule has 0 radical (unpaired) electrons. The van der Waals surface area contributed by atoms with Crippen LogP contribution in [-0.2, 0) is 0 Å². The van der Waals surface area contributed by atoms with Crippen molar-refractivity contribution >= 4 is 43.2 Å². The molecule has 0 amide bonds. The average Bonchev–Trinajstić information content (AvgIpc) is 2.38. The van der Waals surface area contributed by atoms with Crippen LogP contribution in [0.4, 0.5) is 11.4 Å². The van der Waals surface area contributed by atoms with Crippen molar-refractivity contribution in [2.45, 2.75) is 25.4 Å². The lowest BCUT2D eigenvalue weighted by molar-refractivity contribution is 0.598. The van der Waals surface area contributed by atoms with Gasteiger partial charge in [-0.3, -0.25) is 0 Å². The number of benzene rings is 2. The third-order valence-electron chi connectivity index (χ3n) is 3.63. The molecule has 2 aromatic carbocycles. The summed E-state index contributed by atoms with van der Waals surface area (Å²) in [5.41, 5.74) is 3.73. The number of anilines is 2. The molecule has 1 aliphatic rings. The van der Waals surface area contributed by atoms with E-state index in [1.807, 2.05) is 12.1 Å². The van der Waals surface area contributed by atoms with E-state index in [0.717, 1.165) is 21.1 Å². The fourth-order valence-electron chi connectivity index (χ4n) is 2.68. The largest absolute Gasteiger partial charge is 0.365 e. The molecule has 0 bridgehead atoms. The second-order valence-corrected chi connectivity index (χ2v) is 7.05. The fraction of sp³-hybridized carbons (Fsp3) is 0.250. The smallest absolute Gasteiger partial charge is 0.0969 e. The van der Waals surface area contributed by atoms with Crippen LogP contribution in [0, 0.1) is 0 Å². The van der Waals surface area contributed by atoms with Crippen LogP contribution in [0.1, 0.15) is 24.8 Å². The van der Waals surface area contributed by atoms with Gasteiger partial charge in [-0.1, -0.05) is 50.9 Å². The zero-order valence-electron chi connectivity index (χ0n) is 11.2. The van der Waals surface area contributed by atoms with E-state index < -0.39 is 0 Å². The lowest BCUT2D eigenvalue weighted by atomic mass is 9.91. The van der Waals surface area contributed by atoms with Gasteiger partial charge in [0.2, 0.25) is 0 Å². The minimum atomic E-state index is 0.251. The first-order valence-corrected chi connectivity index (χ1v) is 8.28. The van der Waals surface area contributed by atoms with Crippen LogP contribution in [0.3, 0.4) is 0 Å². The predicted molar refractivity (Wildman–Crippen MR) is 92.3 cm³/mol. The zero-order valence-corrected chi connectivity index (χ0v) is 14.3. The molecule has 3 rings (SSSR count). The highest BCUT2D eigenvalue weighted by molar-refractivity contribution is 9.10. The summed E-state index contributed by atoms with van der Waals surface area (Å²) in [5.74, 6) is 0.545. The number of fused-ring (bicyclic) bond motifs is 1. The Bertz CT molecular complexity index is 628. The Hall–Kier alpha value is -1.00. The van der Waals surface area contributed by atoms with Crippen molar-refractivity contribution in [2.75, 3.05) is 10.6 Å². The van der Waals surface area contributed by atoms with Gasteiger partial charge in [0.1, 0.15) is 0 Å². The van der Waals surface area contributed by atoms with Crippen LogP contribution in [0.15, 0.2) is 51.4 Å². The molecule has 2 unspecified atom stereocenters. The summed E-state index contributed by atoms with van der Waals surface area (Å²) in [6.07, 6.45) is 1.32. The molecule has 2 aromatic rings. The average molecular weight is 396 g/mol. The van der Waals surface area contributed by atoms with Gasteiger partial charge in [-0.05, 0) is 48.2 Å². The highest BCUT2D eigenvalue weighted by atomic mass is 79.9. The molecule has 2 N–H and O–H groups in total. The van der Waals surface area contributed by atoms with Gasteiger partial charge in [-0.2, -0.15) is 0 Å². The Labute approximate surface area is 136 Å². The van der Waals surface area contributed by atoms with Crippen LogP contribution in [-0.4, -0.2) is 6.17 Å². The van der Waals surface area contributed by atoms with Gasteiger partial charge in [-0.15, -0.1) is 0 Å². The first-order chi connectivity index (χ1) is 9.61. The minimum Gasteiger partial charge on any atom is -0.365 e. The number of hydrogen-bond donors (Lipinski definition) is 2. The molecule has 4 heteroatoms. The molecule has 0 spiro atoms.